The van der Waals surface area contributed by atoms with Crippen LogP contribution in [-0.2, 0) is 15.6 Å². The molecule has 2 aromatic heterocycles. The fourth-order valence-corrected chi connectivity index (χ4v) is 5.99. The van der Waals surface area contributed by atoms with Crippen LogP contribution in [0.5, 0.6) is 0 Å². The van der Waals surface area contributed by atoms with E-state index in [0.717, 1.165) is 36.4 Å². The quantitative estimate of drug-likeness (QED) is 0.801. The van der Waals surface area contributed by atoms with Gasteiger partial charge in [-0.3, -0.25) is 0 Å². The second-order valence-electron chi connectivity index (χ2n) is 5.61. The molecule has 23 heavy (non-hydrogen) atoms. The first-order valence-corrected chi connectivity index (χ1v) is 10.2. The Morgan fingerprint density at radius 3 is 2.48 bits per heavy atom. The summed E-state index contributed by atoms with van der Waals surface area (Å²) < 4.78 is 28.4. The third-order valence-corrected chi connectivity index (χ3v) is 7.23. The average molecular weight is 392 g/mol. The highest BCUT2D eigenvalue weighted by molar-refractivity contribution is 7.89. The molecule has 0 spiro atoms. The van der Waals surface area contributed by atoms with Gasteiger partial charge in [-0.1, -0.05) is 36.0 Å². The van der Waals surface area contributed by atoms with Crippen LogP contribution in [-0.4, -0.2) is 18.4 Å². The topological polar surface area (TPSA) is 72.0 Å². The third kappa shape index (κ3) is 3.39. The molecule has 0 saturated heterocycles. The summed E-state index contributed by atoms with van der Waals surface area (Å²) in [5, 5.41) is 2.75. The molecule has 2 aromatic rings. The van der Waals surface area contributed by atoms with Gasteiger partial charge in [-0.2, -0.15) is 4.72 Å². The molecule has 0 atom stereocenters. The highest BCUT2D eigenvalue weighted by Crippen LogP contribution is 2.41. The number of aryl methyl sites for hydroxylation is 1. The van der Waals surface area contributed by atoms with Gasteiger partial charge in [-0.25, -0.2) is 18.4 Å². The van der Waals surface area contributed by atoms with Gasteiger partial charge < -0.3 is 0 Å². The van der Waals surface area contributed by atoms with Crippen LogP contribution in [0.25, 0.3) is 0 Å². The lowest BCUT2D eigenvalue weighted by molar-refractivity contribution is 0.402. The molecule has 9 heteroatoms. The van der Waals surface area contributed by atoms with Crippen molar-refractivity contribution in [3.63, 3.8) is 0 Å². The minimum absolute atomic E-state index is 0.0666. The number of thiazole rings is 1. The molecule has 3 rings (SSSR count). The number of nitrogens with zero attached hydrogens (tertiary/aromatic N) is 2. The van der Waals surface area contributed by atoms with Crippen molar-refractivity contribution in [3.05, 3.63) is 38.5 Å². The lowest BCUT2D eigenvalue weighted by atomic mass is 10.0. The van der Waals surface area contributed by atoms with Gasteiger partial charge in [0.25, 0.3) is 0 Å². The highest BCUT2D eigenvalue weighted by atomic mass is 35.5. The maximum absolute atomic E-state index is 12.8. The van der Waals surface area contributed by atoms with Crippen molar-refractivity contribution in [2.24, 2.45) is 0 Å². The van der Waals surface area contributed by atoms with Crippen molar-refractivity contribution in [1.82, 2.24) is 14.7 Å². The first kappa shape index (κ1) is 17.1. The number of nitrogens with one attached hydrogen (secondary N) is 1. The molecule has 0 radical (unpaired) electrons. The van der Waals surface area contributed by atoms with Crippen molar-refractivity contribution in [2.45, 2.75) is 43.0 Å². The molecular weight excluding hydrogens is 377 g/mol. The van der Waals surface area contributed by atoms with Gasteiger partial charge >= 0.3 is 0 Å². The molecule has 5 nitrogen and oxygen atoms in total. The zero-order chi connectivity index (χ0) is 16.7. The van der Waals surface area contributed by atoms with Gasteiger partial charge in [0.15, 0.2) is 5.15 Å². The molecule has 0 unspecified atom stereocenters. The zero-order valence-electron chi connectivity index (χ0n) is 12.3. The monoisotopic (exact) mass is 391 g/mol. The van der Waals surface area contributed by atoms with Gasteiger partial charge in [0, 0.05) is 11.1 Å². The minimum atomic E-state index is -3.82. The van der Waals surface area contributed by atoms with E-state index >= 15 is 0 Å². The summed E-state index contributed by atoms with van der Waals surface area (Å²) in [4.78, 5) is 8.25. The Morgan fingerprint density at radius 2 is 1.91 bits per heavy atom. The van der Waals surface area contributed by atoms with E-state index < -0.39 is 15.6 Å². The molecule has 0 amide bonds. The first-order chi connectivity index (χ1) is 10.8. The highest BCUT2D eigenvalue weighted by Gasteiger charge is 2.42. The summed E-state index contributed by atoms with van der Waals surface area (Å²) in [6, 6.07) is 2.78. The van der Waals surface area contributed by atoms with E-state index in [4.69, 9.17) is 23.2 Å². The SMILES string of the molecule is Cc1csc(C2(NS(=O)(=O)c3ccc(Cl)nc3Cl)CCCC2)n1. The van der Waals surface area contributed by atoms with Gasteiger partial charge in [0.1, 0.15) is 15.1 Å². The van der Waals surface area contributed by atoms with E-state index in [-0.39, 0.29) is 15.2 Å². The number of hydrogen-bond donors (Lipinski definition) is 1. The second kappa shape index (κ2) is 6.29. The van der Waals surface area contributed by atoms with E-state index in [2.05, 4.69) is 14.7 Å². The average Bonchev–Trinajstić information content (AvgIpc) is 3.08. The van der Waals surface area contributed by atoms with Crippen molar-refractivity contribution in [3.8, 4) is 0 Å². The van der Waals surface area contributed by atoms with Gasteiger partial charge in [-0.05, 0) is 31.9 Å². The van der Waals surface area contributed by atoms with Crippen molar-refractivity contribution < 1.29 is 8.42 Å². The molecule has 0 aliphatic heterocycles. The van der Waals surface area contributed by atoms with Crippen molar-refractivity contribution in [2.75, 3.05) is 0 Å². The summed E-state index contributed by atoms with van der Waals surface area (Å²) in [5.74, 6) is 0. The number of halogens is 2. The lowest BCUT2D eigenvalue weighted by Crippen LogP contribution is -2.43. The number of sulfonamides is 1. The predicted molar refractivity (Wildman–Crippen MR) is 91.6 cm³/mol. The third-order valence-electron chi connectivity index (χ3n) is 3.89. The molecule has 124 valence electrons. The minimum Gasteiger partial charge on any atom is -0.245 e. The maximum Gasteiger partial charge on any atom is 0.244 e. The van der Waals surface area contributed by atoms with Crippen LogP contribution < -0.4 is 4.72 Å². The van der Waals surface area contributed by atoms with E-state index in [9.17, 15) is 8.42 Å². The fourth-order valence-electron chi connectivity index (χ4n) is 2.82. The largest absolute Gasteiger partial charge is 0.245 e. The van der Waals surface area contributed by atoms with E-state index in [1.165, 1.54) is 23.5 Å². The van der Waals surface area contributed by atoms with Crippen molar-refractivity contribution in [1.29, 1.82) is 0 Å². The summed E-state index contributed by atoms with van der Waals surface area (Å²) in [5.41, 5.74) is 0.224. The molecule has 0 bridgehead atoms. The van der Waals surface area contributed by atoms with E-state index in [1.807, 2.05) is 12.3 Å². The van der Waals surface area contributed by atoms with E-state index in [0.29, 0.717) is 0 Å². The Labute approximate surface area is 149 Å². The Balaban J connectivity index is 2.00. The van der Waals surface area contributed by atoms with Crippen LogP contribution in [0.2, 0.25) is 10.3 Å². The standard InChI is InChI=1S/C14H15Cl2N3O2S2/c1-9-8-22-13(17-9)14(6-2-3-7-14)19-23(20,21)10-4-5-11(15)18-12(10)16/h4-5,8,19H,2-3,6-7H2,1H3. The molecular formula is C14H15Cl2N3O2S2. The zero-order valence-corrected chi connectivity index (χ0v) is 15.5. The maximum atomic E-state index is 12.8. The Kier molecular flexibility index (Phi) is 4.68. The predicted octanol–water partition coefficient (Wildman–Crippen LogP) is 3.90. The number of rotatable bonds is 4. The molecule has 1 N–H and O–H groups in total. The molecule has 1 fully saturated rings. The van der Waals surface area contributed by atoms with Gasteiger partial charge in [0.2, 0.25) is 10.0 Å². The van der Waals surface area contributed by atoms with Gasteiger partial charge in [0.05, 0.1) is 5.54 Å². The molecule has 1 saturated carbocycles. The summed E-state index contributed by atoms with van der Waals surface area (Å²) in [6.45, 7) is 1.90. The Hall–Kier alpha value is -0.730. The number of aromatic nitrogens is 2. The number of pyridine rings is 1. The number of hydrogen-bond acceptors (Lipinski definition) is 5. The van der Waals surface area contributed by atoms with Crippen LogP contribution in [0.4, 0.5) is 0 Å². The van der Waals surface area contributed by atoms with E-state index in [1.54, 1.807) is 0 Å². The lowest BCUT2D eigenvalue weighted by Gasteiger charge is -2.28. The second-order valence-corrected chi connectivity index (χ2v) is 8.87. The normalized spacial score (nSPS) is 17.5. The molecule has 2 heterocycles. The Morgan fingerprint density at radius 1 is 1.22 bits per heavy atom. The van der Waals surface area contributed by atoms with Crippen LogP contribution in [0.1, 0.15) is 36.4 Å². The van der Waals surface area contributed by atoms with Crippen LogP contribution in [0.3, 0.4) is 0 Å². The Bertz CT molecular complexity index is 830. The van der Waals surface area contributed by atoms with Crippen LogP contribution in [0.15, 0.2) is 22.4 Å². The molecule has 1 aliphatic rings. The summed E-state index contributed by atoms with van der Waals surface area (Å²) in [7, 11) is -3.82. The molecule has 0 aromatic carbocycles. The van der Waals surface area contributed by atoms with Crippen molar-refractivity contribution >= 4 is 44.6 Å². The molecule has 1 aliphatic carbocycles. The van der Waals surface area contributed by atoms with Gasteiger partial charge in [-0.15, -0.1) is 11.3 Å². The fraction of sp³-hybridized carbons (Fsp3) is 0.429. The first-order valence-electron chi connectivity index (χ1n) is 7.11. The summed E-state index contributed by atoms with van der Waals surface area (Å²) >= 11 is 13.2. The smallest absolute Gasteiger partial charge is 0.244 e. The summed E-state index contributed by atoms with van der Waals surface area (Å²) in [6.07, 6.45) is 3.34. The van der Waals surface area contributed by atoms with Crippen LogP contribution >= 0.6 is 34.5 Å². The van der Waals surface area contributed by atoms with Crippen LogP contribution in [0, 0.1) is 6.92 Å².